The van der Waals surface area contributed by atoms with E-state index >= 15 is 0 Å². The highest BCUT2D eigenvalue weighted by molar-refractivity contribution is 7.12. The molecule has 2 N–H and O–H groups in total. The maximum Gasteiger partial charge on any atom is 0.391 e. The fourth-order valence-corrected chi connectivity index (χ4v) is 3.59. The maximum atomic E-state index is 12.6. The number of aliphatic carboxylic acids is 1. The molecule has 0 bridgehead atoms. The summed E-state index contributed by atoms with van der Waals surface area (Å²) in [5, 5.41) is 12.0. The Balaban J connectivity index is 1.75. The number of carboxylic acids is 1. The molecule has 118 valence electrons. The number of thiophene rings is 1. The molecule has 0 amide bonds. The molecule has 2 rings (SSSR count). The standard InChI is InChI=1S/C14H18F3NO2S/c15-14(16,17)9-1-3-10(4-2-9)18-8-12-6-5-11(21-12)7-13(19)20/h5-6,9-10,18H,1-4,7-8H2,(H,19,20). The number of hydrogen-bond donors (Lipinski definition) is 2. The molecule has 0 saturated heterocycles. The number of carboxylic acid groups (broad SMARTS) is 1. The fraction of sp³-hybridized carbons (Fsp3) is 0.643. The molecule has 0 aromatic carbocycles. The Kier molecular flexibility index (Phi) is 5.27. The minimum absolute atomic E-state index is 0.0152. The summed E-state index contributed by atoms with van der Waals surface area (Å²) in [6.45, 7) is 0.589. The van der Waals surface area contributed by atoms with Crippen LogP contribution in [0.25, 0.3) is 0 Å². The number of carbonyl (C=O) groups is 1. The van der Waals surface area contributed by atoms with Gasteiger partial charge in [0.05, 0.1) is 12.3 Å². The second-order valence-corrected chi connectivity index (χ2v) is 6.66. The summed E-state index contributed by atoms with van der Waals surface area (Å²) in [4.78, 5) is 12.4. The molecule has 1 heterocycles. The second kappa shape index (κ2) is 6.79. The summed E-state index contributed by atoms with van der Waals surface area (Å²) in [7, 11) is 0. The van der Waals surface area contributed by atoms with Crippen LogP contribution in [-0.2, 0) is 17.8 Å². The van der Waals surface area contributed by atoms with Crippen molar-refractivity contribution in [2.45, 2.75) is 50.9 Å². The lowest BCUT2D eigenvalue weighted by Crippen LogP contribution is -2.36. The smallest absolute Gasteiger partial charge is 0.391 e. The van der Waals surface area contributed by atoms with Crippen LogP contribution in [0.1, 0.15) is 35.4 Å². The first-order valence-electron chi connectivity index (χ1n) is 6.94. The Morgan fingerprint density at radius 1 is 1.24 bits per heavy atom. The predicted octanol–water partition coefficient (Wildman–Crippen LogP) is 3.59. The Hall–Kier alpha value is -1.08. The van der Waals surface area contributed by atoms with Gasteiger partial charge in [-0.25, -0.2) is 0 Å². The zero-order valence-electron chi connectivity index (χ0n) is 11.4. The van der Waals surface area contributed by atoms with Crippen molar-refractivity contribution < 1.29 is 23.1 Å². The highest BCUT2D eigenvalue weighted by Gasteiger charge is 2.41. The van der Waals surface area contributed by atoms with Gasteiger partial charge in [0.2, 0.25) is 0 Å². The van der Waals surface area contributed by atoms with Gasteiger partial charge in [0.15, 0.2) is 0 Å². The number of hydrogen-bond acceptors (Lipinski definition) is 3. The van der Waals surface area contributed by atoms with Gasteiger partial charge in [-0.3, -0.25) is 4.79 Å². The lowest BCUT2D eigenvalue weighted by Gasteiger charge is -2.30. The van der Waals surface area contributed by atoms with Gasteiger partial charge in [-0.2, -0.15) is 13.2 Å². The number of halogens is 3. The van der Waals surface area contributed by atoms with Gasteiger partial charge in [-0.15, -0.1) is 11.3 Å². The van der Waals surface area contributed by atoms with Crippen LogP contribution >= 0.6 is 11.3 Å². The Morgan fingerprint density at radius 2 is 1.86 bits per heavy atom. The molecule has 0 atom stereocenters. The second-order valence-electron chi connectivity index (χ2n) is 5.41. The van der Waals surface area contributed by atoms with Crippen molar-refractivity contribution in [2.24, 2.45) is 5.92 Å². The third-order valence-corrected chi connectivity index (χ3v) is 4.88. The van der Waals surface area contributed by atoms with E-state index < -0.39 is 18.1 Å². The molecule has 1 fully saturated rings. The molecule has 1 saturated carbocycles. The summed E-state index contributed by atoms with van der Waals surface area (Å²) in [5.74, 6) is -2.01. The summed E-state index contributed by atoms with van der Waals surface area (Å²) in [6, 6.07) is 3.78. The van der Waals surface area contributed by atoms with Gasteiger partial charge in [-0.1, -0.05) is 0 Å². The average Bonchev–Trinajstić information content (AvgIpc) is 2.82. The molecule has 3 nitrogen and oxygen atoms in total. The summed E-state index contributed by atoms with van der Waals surface area (Å²) >= 11 is 1.43. The van der Waals surface area contributed by atoms with Gasteiger partial charge in [0.25, 0.3) is 0 Å². The zero-order valence-corrected chi connectivity index (χ0v) is 12.3. The third-order valence-electron chi connectivity index (χ3n) is 3.80. The minimum atomic E-state index is -4.07. The quantitative estimate of drug-likeness (QED) is 0.871. The zero-order chi connectivity index (χ0) is 15.5. The Bertz CT molecular complexity index is 479. The van der Waals surface area contributed by atoms with Gasteiger partial charge < -0.3 is 10.4 Å². The van der Waals surface area contributed by atoms with E-state index in [-0.39, 0.29) is 25.3 Å². The molecule has 7 heteroatoms. The van der Waals surface area contributed by atoms with Crippen molar-refractivity contribution in [3.63, 3.8) is 0 Å². The molecule has 0 radical (unpaired) electrons. The first-order valence-corrected chi connectivity index (χ1v) is 7.75. The van der Waals surface area contributed by atoms with Crippen molar-refractivity contribution in [3.8, 4) is 0 Å². The van der Waals surface area contributed by atoms with Crippen molar-refractivity contribution in [3.05, 3.63) is 21.9 Å². The van der Waals surface area contributed by atoms with Crippen molar-refractivity contribution in [1.29, 1.82) is 0 Å². The summed E-state index contributed by atoms with van der Waals surface area (Å²) in [5.41, 5.74) is 0. The van der Waals surface area contributed by atoms with Crippen LogP contribution in [0.15, 0.2) is 12.1 Å². The average molecular weight is 321 g/mol. The largest absolute Gasteiger partial charge is 0.481 e. The van der Waals surface area contributed by atoms with Crippen molar-refractivity contribution in [1.82, 2.24) is 5.32 Å². The van der Waals surface area contributed by atoms with E-state index in [0.717, 1.165) is 9.75 Å². The topological polar surface area (TPSA) is 49.3 Å². The number of rotatable bonds is 5. The van der Waals surface area contributed by atoms with E-state index in [2.05, 4.69) is 5.32 Å². The van der Waals surface area contributed by atoms with Gasteiger partial charge in [0.1, 0.15) is 0 Å². The van der Waals surface area contributed by atoms with Crippen LogP contribution in [0.3, 0.4) is 0 Å². The Labute approximate surface area is 125 Å². The van der Waals surface area contributed by atoms with Crippen LogP contribution in [0.5, 0.6) is 0 Å². The van der Waals surface area contributed by atoms with Crippen LogP contribution in [-0.4, -0.2) is 23.3 Å². The van der Waals surface area contributed by atoms with E-state index in [1.165, 1.54) is 11.3 Å². The molecule has 1 aromatic heterocycles. The van der Waals surface area contributed by atoms with E-state index in [0.29, 0.717) is 19.4 Å². The highest BCUT2D eigenvalue weighted by atomic mass is 32.1. The van der Waals surface area contributed by atoms with Gasteiger partial charge in [0, 0.05) is 22.3 Å². The molecule has 1 aliphatic carbocycles. The first-order chi connectivity index (χ1) is 9.84. The molecular weight excluding hydrogens is 303 g/mol. The van der Waals surface area contributed by atoms with Gasteiger partial charge in [-0.05, 0) is 37.8 Å². The van der Waals surface area contributed by atoms with E-state index in [1.54, 1.807) is 6.07 Å². The number of alkyl halides is 3. The van der Waals surface area contributed by atoms with Crippen LogP contribution in [0.4, 0.5) is 13.2 Å². The fourth-order valence-electron chi connectivity index (χ4n) is 2.63. The van der Waals surface area contributed by atoms with Crippen LogP contribution < -0.4 is 5.32 Å². The maximum absolute atomic E-state index is 12.6. The van der Waals surface area contributed by atoms with Crippen LogP contribution in [0.2, 0.25) is 0 Å². The Morgan fingerprint density at radius 3 is 2.43 bits per heavy atom. The third kappa shape index (κ3) is 5.00. The summed E-state index contributed by atoms with van der Waals surface area (Å²) in [6.07, 6.45) is -2.59. The van der Waals surface area contributed by atoms with E-state index in [9.17, 15) is 18.0 Å². The van der Waals surface area contributed by atoms with Crippen molar-refractivity contribution in [2.75, 3.05) is 0 Å². The lowest BCUT2D eigenvalue weighted by atomic mass is 9.85. The molecule has 0 unspecified atom stereocenters. The monoisotopic (exact) mass is 321 g/mol. The normalized spacial score (nSPS) is 23.2. The first kappa shape index (κ1) is 16.3. The molecule has 1 aliphatic rings. The van der Waals surface area contributed by atoms with Crippen LogP contribution in [0, 0.1) is 5.92 Å². The molecule has 0 aliphatic heterocycles. The summed E-state index contributed by atoms with van der Waals surface area (Å²) < 4.78 is 37.7. The molecule has 1 aromatic rings. The predicted molar refractivity (Wildman–Crippen MR) is 74.3 cm³/mol. The van der Waals surface area contributed by atoms with E-state index in [1.807, 2.05) is 6.07 Å². The van der Waals surface area contributed by atoms with Gasteiger partial charge >= 0.3 is 12.1 Å². The lowest BCUT2D eigenvalue weighted by molar-refractivity contribution is -0.182. The van der Waals surface area contributed by atoms with Crippen molar-refractivity contribution >= 4 is 17.3 Å². The molecular formula is C14H18F3NO2S. The van der Waals surface area contributed by atoms with E-state index in [4.69, 9.17) is 5.11 Å². The highest BCUT2D eigenvalue weighted by Crippen LogP contribution is 2.37. The number of nitrogens with one attached hydrogen (secondary N) is 1. The minimum Gasteiger partial charge on any atom is -0.481 e. The SMILES string of the molecule is O=C(O)Cc1ccc(CNC2CCC(C(F)(F)F)CC2)s1. The molecule has 0 spiro atoms. The molecule has 21 heavy (non-hydrogen) atoms.